The van der Waals surface area contributed by atoms with Crippen LogP contribution in [0.2, 0.25) is 0 Å². The van der Waals surface area contributed by atoms with Crippen LogP contribution >= 0.6 is 0 Å². The van der Waals surface area contributed by atoms with Gasteiger partial charge in [-0.2, -0.15) is 0 Å². The number of benzene rings is 2. The maximum Gasteiger partial charge on any atom is 0.322 e. The Morgan fingerprint density at radius 2 is 1.87 bits per heavy atom. The summed E-state index contributed by atoms with van der Waals surface area (Å²) in [6.07, 6.45) is 2.09. The van der Waals surface area contributed by atoms with Gasteiger partial charge >= 0.3 is 6.03 Å². The minimum Gasteiger partial charge on any atom is -0.317 e. The Balaban J connectivity index is 1.81. The molecule has 0 bridgehead atoms. The van der Waals surface area contributed by atoms with Crippen molar-refractivity contribution in [3.05, 3.63) is 64.7 Å². The molecule has 0 saturated carbocycles. The lowest BCUT2D eigenvalue weighted by Gasteiger charge is -2.27. The van der Waals surface area contributed by atoms with E-state index in [0.717, 1.165) is 36.2 Å². The van der Waals surface area contributed by atoms with Gasteiger partial charge in [0.2, 0.25) is 0 Å². The molecule has 0 aliphatic carbocycles. The molecule has 1 saturated heterocycles. The first kappa shape index (κ1) is 15.6. The van der Waals surface area contributed by atoms with Crippen molar-refractivity contribution in [3.8, 4) is 0 Å². The van der Waals surface area contributed by atoms with Crippen LogP contribution in [-0.2, 0) is 0 Å². The van der Waals surface area contributed by atoms with Crippen LogP contribution < -0.4 is 5.32 Å². The molecule has 1 aliphatic heterocycles. The Morgan fingerprint density at radius 3 is 2.65 bits per heavy atom. The normalized spacial score (nSPS) is 17.3. The van der Waals surface area contributed by atoms with Gasteiger partial charge in [-0.1, -0.05) is 36.4 Å². The predicted molar refractivity (Wildman–Crippen MR) is 94.8 cm³/mol. The highest BCUT2D eigenvalue weighted by Gasteiger charge is 2.30. The Kier molecular flexibility index (Phi) is 4.37. The number of anilines is 1. The second-order valence-corrected chi connectivity index (χ2v) is 6.46. The average Bonchev–Trinajstić information content (AvgIpc) is 3.01. The molecule has 0 spiro atoms. The molecule has 1 atom stereocenters. The van der Waals surface area contributed by atoms with Crippen molar-refractivity contribution in [2.24, 2.45) is 0 Å². The van der Waals surface area contributed by atoms with Crippen molar-refractivity contribution in [1.82, 2.24) is 4.90 Å². The minimum atomic E-state index is 0.00412. The van der Waals surface area contributed by atoms with E-state index in [-0.39, 0.29) is 12.1 Å². The summed E-state index contributed by atoms with van der Waals surface area (Å²) >= 11 is 0. The van der Waals surface area contributed by atoms with Gasteiger partial charge in [-0.15, -0.1) is 0 Å². The Bertz CT molecular complexity index is 723. The fourth-order valence-electron chi connectivity index (χ4n) is 3.35. The summed E-state index contributed by atoms with van der Waals surface area (Å²) in [6.45, 7) is 7.00. The van der Waals surface area contributed by atoms with Crippen molar-refractivity contribution in [1.29, 1.82) is 0 Å². The molecule has 2 aromatic carbocycles. The van der Waals surface area contributed by atoms with E-state index in [9.17, 15) is 4.79 Å². The predicted octanol–water partition coefficient (Wildman–Crippen LogP) is 4.98. The second-order valence-electron chi connectivity index (χ2n) is 6.46. The topological polar surface area (TPSA) is 32.3 Å². The molecule has 1 aliphatic rings. The standard InChI is InChI=1S/C20H24N2O/c1-14-10-11-16(3)18(13-14)21-20(23)22-12-6-9-19(22)17-8-5-4-7-15(17)2/h4-5,7-8,10-11,13,19H,6,9,12H2,1-3H3,(H,21,23). The largest absolute Gasteiger partial charge is 0.322 e. The van der Waals surface area contributed by atoms with Crippen molar-refractivity contribution in [2.45, 2.75) is 39.7 Å². The number of nitrogens with one attached hydrogen (secondary N) is 1. The van der Waals surface area contributed by atoms with Crippen molar-refractivity contribution in [3.63, 3.8) is 0 Å². The molecule has 0 radical (unpaired) electrons. The number of amides is 2. The molecular weight excluding hydrogens is 284 g/mol. The summed E-state index contributed by atoms with van der Waals surface area (Å²) in [5.41, 5.74) is 5.67. The minimum absolute atomic E-state index is 0.00412. The van der Waals surface area contributed by atoms with Gasteiger partial charge in [-0.3, -0.25) is 0 Å². The zero-order chi connectivity index (χ0) is 16.4. The molecule has 1 unspecified atom stereocenters. The van der Waals surface area contributed by atoms with Gasteiger partial charge in [0.05, 0.1) is 6.04 Å². The lowest BCUT2D eigenvalue weighted by molar-refractivity contribution is 0.207. The van der Waals surface area contributed by atoms with E-state index in [1.807, 2.05) is 36.9 Å². The van der Waals surface area contributed by atoms with Crippen LogP contribution in [0.3, 0.4) is 0 Å². The monoisotopic (exact) mass is 308 g/mol. The first-order valence-corrected chi connectivity index (χ1v) is 8.26. The molecule has 3 nitrogen and oxygen atoms in total. The van der Waals surface area contributed by atoms with Crippen LogP contribution in [0.1, 0.15) is 41.1 Å². The number of hydrogen-bond donors (Lipinski definition) is 1. The van der Waals surface area contributed by atoms with Crippen LogP contribution in [0, 0.1) is 20.8 Å². The van der Waals surface area contributed by atoms with E-state index < -0.39 is 0 Å². The third kappa shape index (κ3) is 3.24. The summed E-state index contributed by atoms with van der Waals surface area (Å²) in [6, 6.07) is 14.7. The van der Waals surface area contributed by atoms with Gasteiger partial charge in [-0.25, -0.2) is 4.79 Å². The fraction of sp³-hybridized carbons (Fsp3) is 0.350. The van der Waals surface area contributed by atoms with Gasteiger partial charge in [0, 0.05) is 12.2 Å². The molecule has 1 N–H and O–H groups in total. The Hall–Kier alpha value is -2.29. The maximum atomic E-state index is 12.8. The number of carbonyl (C=O) groups excluding carboxylic acids is 1. The quantitative estimate of drug-likeness (QED) is 0.833. The first-order valence-electron chi connectivity index (χ1n) is 8.26. The molecule has 0 aromatic heterocycles. The first-order chi connectivity index (χ1) is 11.1. The van der Waals surface area contributed by atoms with Gasteiger partial charge < -0.3 is 10.2 Å². The van der Waals surface area contributed by atoms with Gasteiger partial charge in [0.25, 0.3) is 0 Å². The van der Waals surface area contributed by atoms with Crippen LogP contribution in [0.25, 0.3) is 0 Å². The summed E-state index contributed by atoms with van der Waals surface area (Å²) in [7, 11) is 0. The number of urea groups is 1. The summed E-state index contributed by atoms with van der Waals surface area (Å²) in [5.74, 6) is 0. The molecule has 1 heterocycles. The van der Waals surface area contributed by atoms with Crippen molar-refractivity contribution < 1.29 is 4.79 Å². The average molecular weight is 308 g/mol. The molecule has 120 valence electrons. The second kappa shape index (κ2) is 6.45. The molecular formula is C20H24N2O. The Labute approximate surface area is 138 Å². The van der Waals surface area contributed by atoms with E-state index in [0.29, 0.717) is 0 Å². The number of carbonyl (C=O) groups is 1. The van der Waals surface area contributed by atoms with E-state index >= 15 is 0 Å². The SMILES string of the molecule is Cc1ccc(C)c(NC(=O)N2CCCC2c2ccccc2C)c1. The molecule has 2 aromatic rings. The molecule has 3 rings (SSSR count). The molecule has 2 amide bonds. The van der Waals surface area contributed by atoms with Crippen molar-refractivity contribution in [2.75, 3.05) is 11.9 Å². The van der Waals surface area contributed by atoms with Crippen LogP contribution in [0.4, 0.5) is 10.5 Å². The number of aryl methyl sites for hydroxylation is 3. The maximum absolute atomic E-state index is 12.8. The number of rotatable bonds is 2. The van der Waals surface area contributed by atoms with E-state index in [4.69, 9.17) is 0 Å². The smallest absolute Gasteiger partial charge is 0.317 e. The molecule has 3 heteroatoms. The lowest BCUT2D eigenvalue weighted by Crippen LogP contribution is -2.34. The Morgan fingerprint density at radius 1 is 1.09 bits per heavy atom. The number of likely N-dealkylation sites (tertiary alicyclic amines) is 1. The zero-order valence-electron chi connectivity index (χ0n) is 14.1. The zero-order valence-corrected chi connectivity index (χ0v) is 14.1. The summed E-state index contributed by atoms with van der Waals surface area (Å²) < 4.78 is 0. The van der Waals surface area contributed by atoms with E-state index in [2.05, 4.69) is 36.5 Å². The van der Waals surface area contributed by atoms with Gasteiger partial charge in [-0.05, 0) is 61.9 Å². The summed E-state index contributed by atoms with van der Waals surface area (Å²) in [4.78, 5) is 14.8. The highest BCUT2D eigenvalue weighted by Crippen LogP contribution is 2.34. The van der Waals surface area contributed by atoms with Gasteiger partial charge in [0.1, 0.15) is 0 Å². The molecule has 23 heavy (non-hydrogen) atoms. The third-order valence-corrected chi connectivity index (χ3v) is 4.70. The van der Waals surface area contributed by atoms with Crippen LogP contribution in [0.5, 0.6) is 0 Å². The van der Waals surface area contributed by atoms with Crippen molar-refractivity contribution >= 4 is 11.7 Å². The number of hydrogen-bond acceptors (Lipinski definition) is 1. The van der Waals surface area contributed by atoms with Crippen LogP contribution in [0.15, 0.2) is 42.5 Å². The van der Waals surface area contributed by atoms with Crippen LogP contribution in [-0.4, -0.2) is 17.5 Å². The lowest BCUT2D eigenvalue weighted by atomic mass is 9.99. The van der Waals surface area contributed by atoms with E-state index in [1.54, 1.807) is 0 Å². The number of nitrogens with zero attached hydrogens (tertiary/aromatic N) is 1. The fourth-order valence-corrected chi connectivity index (χ4v) is 3.35. The van der Waals surface area contributed by atoms with Gasteiger partial charge in [0.15, 0.2) is 0 Å². The summed E-state index contributed by atoms with van der Waals surface area (Å²) in [5, 5.41) is 3.10. The van der Waals surface area contributed by atoms with E-state index in [1.165, 1.54) is 11.1 Å². The highest BCUT2D eigenvalue weighted by atomic mass is 16.2. The third-order valence-electron chi connectivity index (χ3n) is 4.70. The molecule has 1 fully saturated rings. The highest BCUT2D eigenvalue weighted by molar-refractivity contribution is 5.90.